The van der Waals surface area contributed by atoms with Gasteiger partial charge in [-0.25, -0.2) is 0 Å². The van der Waals surface area contributed by atoms with Gasteiger partial charge in [-0.2, -0.15) is 0 Å². The first-order valence-corrected chi connectivity index (χ1v) is 6.84. The molecule has 0 fully saturated rings. The molecule has 0 unspecified atom stereocenters. The molecule has 0 bridgehead atoms. The second kappa shape index (κ2) is 4.67. The minimum Gasteiger partial charge on any atom is -0.354 e. The Kier molecular flexibility index (Phi) is 2.99. The fourth-order valence-corrected chi connectivity index (χ4v) is 2.75. The summed E-state index contributed by atoms with van der Waals surface area (Å²) in [6, 6.07) is 15.5. The summed E-state index contributed by atoms with van der Waals surface area (Å²) in [5.74, 6) is 0. The van der Waals surface area contributed by atoms with E-state index in [0.29, 0.717) is 0 Å². The summed E-state index contributed by atoms with van der Waals surface area (Å²) in [7, 11) is 0. The van der Waals surface area contributed by atoms with Crippen molar-refractivity contribution in [2.45, 2.75) is 6.92 Å². The van der Waals surface area contributed by atoms with Crippen LogP contribution in [-0.4, -0.2) is 4.98 Å². The number of pyridine rings is 1. The zero-order valence-corrected chi connectivity index (χ0v) is 12.0. The van der Waals surface area contributed by atoms with Crippen LogP contribution in [0.3, 0.4) is 0 Å². The van der Waals surface area contributed by atoms with Gasteiger partial charge in [-0.3, -0.25) is 4.79 Å². The molecule has 0 atom stereocenters. The number of hydrogen-bond acceptors (Lipinski definition) is 1. The van der Waals surface area contributed by atoms with Gasteiger partial charge >= 0.3 is 0 Å². The third-order valence-electron chi connectivity index (χ3n) is 3.29. The van der Waals surface area contributed by atoms with Crippen LogP contribution in [0, 0.1) is 6.92 Å². The van der Waals surface area contributed by atoms with E-state index in [9.17, 15) is 4.79 Å². The first-order chi connectivity index (χ1) is 9.18. The van der Waals surface area contributed by atoms with Crippen LogP contribution in [0.5, 0.6) is 0 Å². The fraction of sp³-hybridized carbons (Fsp3) is 0.0625. The van der Waals surface area contributed by atoms with Gasteiger partial charge in [0.2, 0.25) is 0 Å². The van der Waals surface area contributed by atoms with Crippen molar-refractivity contribution < 1.29 is 0 Å². The van der Waals surface area contributed by atoms with Crippen molar-refractivity contribution in [3.05, 3.63) is 68.8 Å². The van der Waals surface area contributed by atoms with Crippen LogP contribution >= 0.6 is 15.9 Å². The second-order valence-corrected chi connectivity index (χ2v) is 5.33. The molecule has 0 saturated heterocycles. The number of fused-ring (bicyclic) bond motifs is 1. The highest BCUT2D eigenvalue weighted by atomic mass is 79.9. The Morgan fingerprint density at radius 2 is 1.68 bits per heavy atom. The van der Waals surface area contributed by atoms with Gasteiger partial charge in [-0.15, -0.1) is 0 Å². The van der Waals surface area contributed by atoms with E-state index in [4.69, 9.17) is 0 Å². The highest BCUT2D eigenvalue weighted by molar-refractivity contribution is 9.10. The fourth-order valence-electron chi connectivity index (χ4n) is 2.27. The van der Waals surface area contributed by atoms with Gasteiger partial charge in [0.15, 0.2) is 5.43 Å². The standard InChI is InChI=1S/C16H12BrNO/c1-10-15(11-6-2-4-8-13(11)17)18-14-9-5-3-7-12(14)16(10)19/h2-9H,1H3,(H,18,19). The lowest BCUT2D eigenvalue weighted by Gasteiger charge is -2.10. The minimum atomic E-state index is 0.0834. The Bertz CT molecular complexity index is 820. The third kappa shape index (κ3) is 2.00. The summed E-state index contributed by atoms with van der Waals surface area (Å²) in [4.78, 5) is 15.8. The average Bonchev–Trinajstić information content (AvgIpc) is 2.44. The van der Waals surface area contributed by atoms with Gasteiger partial charge < -0.3 is 4.98 Å². The van der Waals surface area contributed by atoms with Crippen molar-refractivity contribution in [3.8, 4) is 11.3 Å². The number of H-pyrrole nitrogens is 1. The number of rotatable bonds is 1. The van der Waals surface area contributed by atoms with Crippen LogP contribution in [0.4, 0.5) is 0 Å². The summed E-state index contributed by atoms with van der Waals surface area (Å²) in [6.45, 7) is 1.86. The van der Waals surface area contributed by atoms with Crippen molar-refractivity contribution in [3.63, 3.8) is 0 Å². The minimum absolute atomic E-state index is 0.0834. The molecule has 1 N–H and O–H groups in total. The maximum absolute atomic E-state index is 12.4. The topological polar surface area (TPSA) is 32.9 Å². The highest BCUT2D eigenvalue weighted by Crippen LogP contribution is 2.28. The van der Waals surface area contributed by atoms with Crippen molar-refractivity contribution in [1.82, 2.24) is 4.98 Å². The van der Waals surface area contributed by atoms with E-state index >= 15 is 0 Å². The Morgan fingerprint density at radius 1 is 1.00 bits per heavy atom. The molecule has 94 valence electrons. The van der Waals surface area contributed by atoms with E-state index in [2.05, 4.69) is 20.9 Å². The van der Waals surface area contributed by atoms with Crippen molar-refractivity contribution in [1.29, 1.82) is 0 Å². The van der Waals surface area contributed by atoms with E-state index in [0.717, 1.165) is 32.2 Å². The molecular weight excluding hydrogens is 302 g/mol. The zero-order valence-electron chi connectivity index (χ0n) is 10.4. The van der Waals surface area contributed by atoms with Crippen LogP contribution in [0.1, 0.15) is 5.56 Å². The molecule has 0 spiro atoms. The zero-order chi connectivity index (χ0) is 13.4. The summed E-state index contributed by atoms with van der Waals surface area (Å²) < 4.78 is 0.976. The Balaban J connectivity index is 2.40. The van der Waals surface area contributed by atoms with E-state index in [-0.39, 0.29) is 5.43 Å². The number of halogens is 1. The maximum Gasteiger partial charge on any atom is 0.192 e. The molecule has 3 rings (SSSR count). The van der Waals surface area contributed by atoms with Gasteiger partial charge in [-0.1, -0.05) is 46.3 Å². The first-order valence-electron chi connectivity index (χ1n) is 6.05. The maximum atomic E-state index is 12.4. The molecule has 3 aromatic rings. The molecule has 1 heterocycles. The largest absolute Gasteiger partial charge is 0.354 e. The molecule has 0 aliphatic carbocycles. The number of nitrogens with one attached hydrogen (secondary N) is 1. The Morgan fingerprint density at radius 3 is 2.47 bits per heavy atom. The van der Waals surface area contributed by atoms with Crippen molar-refractivity contribution in [2.75, 3.05) is 0 Å². The summed E-state index contributed by atoms with van der Waals surface area (Å²) in [5.41, 5.74) is 3.56. The molecule has 2 aromatic carbocycles. The summed E-state index contributed by atoms with van der Waals surface area (Å²) in [5, 5.41) is 0.732. The lowest BCUT2D eigenvalue weighted by molar-refractivity contribution is 1.29. The number of para-hydroxylation sites is 1. The molecule has 3 heteroatoms. The second-order valence-electron chi connectivity index (χ2n) is 4.48. The lowest BCUT2D eigenvalue weighted by Crippen LogP contribution is -2.09. The van der Waals surface area contributed by atoms with E-state index in [1.807, 2.05) is 55.5 Å². The summed E-state index contributed by atoms with van der Waals surface area (Å²) >= 11 is 3.53. The normalized spacial score (nSPS) is 10.8. The number of aromatic nitrogens is 1. The molecule has 0 aliphatic heterocycles. The predicted octanol–water partition coefficient (Wildman–Crippen LogP) is 4.27. The van der Waals surface area contributed by atoms with Crippen LogP contribution in [0.15, 0.2) is 57.8 Å². The van der Waals surface area contributed by atoms with Crippen molar-refractivity contribution in [2.24, 2.45) is 0 Å². The van der Waals surface area contributed by atoms with Crippen molar-refractivity contribution >= 4 is 26.8 Å². The molecule has 1 aromatic heterocycles. The quantitative estimate of drug-likeness (QED) is 0.715. The first kappa shape index (κ1) is 12.2. The molecule has 0 radical (unpaired) electrons. The van der Waals surface area contributed by atoms with Gasteiger partial charge in [0.25, 0.3) is 0 Å². The molecular formula is C16H12BrNO. The third-order valence-corrected chi connectivity index (χ3v) is 3.98. The highest BCUT2D eigenvalue weighted by Gasteiger charge is 2.11. The monoisotopic (exact) mass is 313 g/mol. The van der Waals surface area contributed by atoms with E-state index < -0.39 is 0 Å². The lowest BCUT2D eigenvalue weighted by atomic mass is 10.0. The molecule has 0 aliphatic rings. The average molecular weight is 314 g/mol. The molecule has 0 amide bonds. The van der Waals surface area contributed by atoms with Crippen LogP contribution in [0.2, 0.25) is 0 Å². The Hall–Kier alpha value is -1.87. The van der Waals surface area contributed by atoms with Crippen LogP contribution in [0.25, 0.3) is 22.2 Å². The van der Waals surface area contributed by atoms with Gasteiger partial charge in [-0.05, 0) is 25.1 Å². The molecule has 0 saturated carbocycles. The number of hydrogen-bond donors (Lipinski definition) is 1. The number of benzene rings is 2. The van der Waals surface area contributed by atoms with E-state index in [1.54, 1.807) is 0 Å². The molecule has 2 nitrogen and oxygen atoms in total. The predicted molar refractivity (Wildman–Crippen MR) is 82.4 cm³/mol. The molecule has 19 heavy (non-hydrogen) atoms. The van der Waals surface area contributed by atoms with Crippen LogP contribution in [-0.2, 0) is 0 Å². The van der Waals surface area contributed by atoms with Gasteiger partial charge in [0.05, 0.1) is 5.69 Å². The smallest absolute Gasteiger partial charge is 0.192 e. The van der Waals surface area contributed by atoms with E-state index in [1.165, 1.54) is 0 Å². The van der Waals surface area contributed by atoms with Gasteiger partial charge in [0, 0.05) is 26.5 Å². The number of aromatic amines is 1. The van der Waals surface area contributed by atoms with Crippen LogP contribution < -0.4 is 5.43 Å². The summed E-state index contributed by atoms with van der Waals surface area (Å²) in [6.07, 6.45) is 0. The van der Waals surface area contributed by atoms with Gasteiger partial charge in [0.1, 0.15) is 0 Å². The Labute approximate surface area is 119 Å². The SMILES string of the molecule is Cc1c(-c2ccccc2Br)[nH]c2ccccc2c1=O.